The first-order valence-corrected chi connectivity index (χ1v) is 11.3. The number of para-hydroxylation sites is 1. The molecule has 0 spiro atoms. The van der Waals surface area contributed by atoms with E-state index < -0.39 is 0 Å². The maximum absolute atomic E-state index is 13.5. The van der Waals surface area contributed by atoms with Crippen molar-refractivity contribution in [3.05, 3.63) is 51.6 Å². The van der Waals surface area contributed by atoms with Crippen molar-refractivity contribution >= 4 is 39.2 Å². The number of thioether (sulfide) groups is 1. The Labute approximate surface area is 176 Å². The van der Waals surface area contributed by atoms with Crippen molar-refractivity contribution in [2.75, 3.05) is 19.3 Å². The molecule has 148 valence electrons. The van der Waals surface area contributed by atoms with Gasteiger partial charge in [-0.25, -0.2) is 4.98 Å². The molecule has 0 atom stereocenters. The van der Waals surface area contributed by atoms with Crippen LogP contribution in [0.3, 0.4) is 0 Å². The Hall–Kier alpha value is -2.63. The van der Waals surface area contributed by atoms with Crippen LogP contribution in [0.2, 0.25) is 0 Å². The van der Waals surface area contributed by atoms with Gasteiger partial charge in [-0.15, -0.1) is 11.3 Å². The van der Waals surface area contributed by atoms with Gasteiger partial charge in [-0.1, -0.05) is 30.0 Å². The highest BCUT2D eigenvalue weighted by molar-refractivity contribution is 7.99. The van der Waals surface area contributed by atoms with Gasteiger partial charge in [0.15, 0.2) is 5.16 Å². The van der Waals surface area contributed by atoms with E-state index in [-0.39, 0.29) is 17.2 Å². The fourth-order valence-electron chi connectivity index (χ4n) is 3.17. The van der Waals surface area contributed by atoms with Crippen molar-refractivity contribution in [1.29, 1.82) is 5.26 Å². The summed E-state index contributed by atoms with van der Waals surface area (Å²) < 4.78 is 1.62. The summed E-state index contributed by atoms with van der Waals surface area (Å²) in [4.78, 5) is 32.9. The number of carbonyl (C=O) groups excluding carboxylic acids is 1. The maximum Gasteiger partial charge on any atom is 0.267 e. The largest absolute Gasteiger partial charge is 0.344 e. The van der Waals surface area contributed by atoms with Gasteiger partial charge in [0, 0.05) is 13.6 Å². The van der Waals surface area contributed by atoms with E-state index >= 15 is 0 Å². The molecular formula is C21H20N4O2S2. The number of aromatic nitrogens is 2. The third-order valence-corrected chi connectivity index (χ3v) is 6.76. The molecule has 2 heterocycles. The molecule has 1 amide bonds. The summed E-state index contributed by atoms with van der Waals surface area (Å²) in [5.74, 6) is 0.536. The predicted octanol–water partition coefficient (Wildman–Crippen LogP) is 3.79. The van der Waals surface area contributed by atoms with Crippen molar-refractivity contribution in [2.45, 2.75) is 30.3 Å². The minimum Gasteiger partial charge on any atom is -0.344 e. The first-order chi connectivity index (χ1) is 14.1. The summed E-state index contributed by atoms with van der Waals surface area (Å²) in [7, 11) is 1.68. The molecule has 1 aliphatic carbocycles. The van der Waals surface area contributed by atoms with E-state index in [4.69, 9.17) is 10.2 Å². The summed E-state index contributed by atoms with van der Waals surface area (Å²) in [6.07, 6.45) is 2.54. The van der Waals surface area contributed by atoms with Gasteiger partial charge in [-0.2, -0.15) is 5.26 Å². The van der Waals surface area contributed by atoms with Gasteiger partial charge in [0.1, 0.15) is 4.83 Å². The van der Waals surface area contributed by atoms with Gasteiger partial charge in [-0.05, 0) is 41.8 Å². The second-order valence-corrected chi connectivity index (χ2v) is 8.83. The topological polar surface area (TPSA) is 79.0 Å². The minimum absolute atomic E-state index is 0.0721. The van der Waals surface area contributed by atoms with Crippen molar-refractivity contribution in [1.82, 2.24) is 14.5 Å². The van der Waals surface area contributed by atoms with E-state index in [1.54, 1.807) is 11.6 Å². The van der Waals surface area contributed by atoms with Gasteiger partial charge < -0.3 is 4.90 Å². The van der Waals surface area contributed by atoms with Crippen molar-refractivity contribution in [3.8, 4) is 11.8 Å². The van der Waals surface area contributed by atoms with Crippen molar-refractivity contribution in [2.24, 2.45) is 0 Å². The summed E-state index contributed by atoms with van der Waals surface area (Å²) in [5.41, 5.74) is 1.78. The van der Waals surface area contributed by atoms with Crippen molar-refractivity contribution < 1.29 is 4.79 Å². The number of hydrogen-bond acceptors (Lipinski definition) is 6. The van der Waals surface area contributed by atoms with Crippen LogP contribution in [-0.4, -0.2) is 39.7 Å². The van der Waals surface area contributed by atoms with E-state index in [0.29, 0.717) is 29.4 Å². The van der Waals surface area contributed by atoms with Crippen LogP contribution in [0.15, 0.2) is 45.7 Å². The molecule has 1 aromatic carbocycles. The molecule has 1 saturated carbocycles. The number of amides is 1. The molecule has 8 heteroatoms. The second-order valence-electron chi connectivity index (χ2n) is 7.03. The monoisotopic (exact) mass is 424 g/mol. The molecule has 0 radical (unpaired) electrons. The highest BCUT2D eigenvalue weighted by Gasteiger charge is 2.29. The number of hydrogen-bond donors (Lipinski definition) is 0. The SMILES string of the molecule is CN(CCC#N)C(=O)CSc1nc2scc(C3CC3)c2c(=O)n1-c1ccccc1. The van der Waals surface area contributed by atoms with E-state index in [1.807, 2.05) is 36.4 Å². The average molecular weight is 425 g/mol. The Balaban J connectivity index is 1.72. The van der Waals surface area contributed by atoms with Crippen LogP contribution in [0, 0.1) is 11.3 Å². The van der Waals surface area contributed by atoms with Crippen LogP contribution in [0.5, 0.6) is 0 Å². The third kappa shape index (κ3) is 4.07. The maximum atomic E-state index is 13.5. The van der Waals surface area contributed by atoms with Crippen LogP contribution >= 0.6 is 23.1 Å². The molecular weight excluding hydrogens is 404 g/mol. The Morgan fingerprint density at radius 3 is 2.83 bits per heavy atom. The smallest absolute Gasteiger partial charge is 0.267 e. The van der Waals surface area contributed by atoms with E-state index in [0.717, 1.165) is 28.9 Å². The zero-order valence-electron chi connectivity index (χ0n) is 16.0. The Bertz CT molecular complexity index is 1140. The number of benzene rings is 1. The number of nitriles is 1. The lowest BCUT2D eigenvalue weighted by atomic mass is 10.1. The molecule has 1 aliphatic rings. The van der Waals surface area contributed by atoms with Gasteiger partial charge in [-0.3, -0.25) is 14.2 Å². The summed E-state index contributed by atoms with van der Waals surface area (Å²) >= 11 is 2.76. The molecule has 0 unspecified atom stereocenters. The van der Waals surface area contributed by atoms with Crippen LogP contribution in [0.4, 0.5) is 0 Å². The van der Waals surface area contributed by atoms with Crippen LogP contribution < -0.4 is 5.56 Å². The molecule has 0 N–H and O–H groups in total. The van der Waals surface area contributed by atoms with E-state index in [1.165, 1.54) is 28.0 Å². The average Bonchev–Trinajstić information content (AvgIpc) is 3.50. The predicted molar refractivity (Wildman–Crippen MR) is 116 cm³/mol. The molecule has 3 aromatic rings. The quantitative estimate of drug-likeness (QED) is 0.426. The van der Waals surface area contributed by atoms with Crippen LogP contribution in [0.1, 0.15) is 30.7 Å². The number of nitrogens with zero attached hydrogens (tertiary/aromatic N) is 4. The number of rotatable bonds is 7. The minimum atomic E-state index is -0.0935. The first-order valence-electron chi connectivity index (χ1n) is 9.43. The fourth-order valence-corrected chi connectivity index (χ4v) is 5.18. The highest BCUT2D eigenvalue weighted by atomic mass is 32.2. The van der Waals surface area contributed by atoms with Crippen LogP contribution in [0.25, 0.3) is 15.9 Å². The number of fused-ring (bicyclic) bond motifs is 1. The Morgan fingerprint density at radius 2 is 2.14 bits per heavy atom. The standard InChI is InChI=1S/C21H20N4O2S2/c1-24(11-5-10-22)17(26)13-29-21-23-19-18(16(12-28-19)14-8-9-14)20(27)25(21)15-6-3-2-4-7-15/h2-4,6-7,12,14H,5,8-9,11,13H2,1H3. The molecule has 4 rings (SSSR count). The zero-order chi connectivity index (χ0) is 20.4. The van der Waals surface area contributed by atoms with Gasteiger partial charge in [0.25, 0.3) is 5.56 Å². The summed E-state index contributed by atoms with van der Waals surface area (Å²) in [6.45, 7) is 0.392. The fraction of sp³-hybridized carbons (Fsp3) is 0.333. The summed E-state index contributed by atoms with van der Waals surface area (Å²) in [6, 6.07) is 11.5. The number of thiophene rings is 1. The van der Waals surface area contributed by atoms with E-state index in [2.05, 4.69) is 5.38 Å². The highest BCUT2D eigenvalue weighted by Crippen LogP contribution is 2.44. The molecule has 0 bridgehead atoms. The lowest BCUT2D eigenvalue weighted by Gasteiger charge is -2.16. The second kappa shape index (κ2) is 8.39. The molecule has 29 heavy (non-hydrogen) atoms. The molecule has 6 nitrogen and oxygen atoms in total. The van der Waals surface area contributed by atoms with Crippen molar-refractivity contribution in [3.63, 3.8) is 0 Å². The Morgan fingerprint density at radius 1 is 1.38 bits per heavy atom. The third-order valence-electron chi connectivity index (χ3n) is 4.95. The van der Waals surface area contributed by atoms with Crippen LogP contribution in [-0.2, 0) is 4.79 Å². The van der Waals surface area contributed by atoms with E-state index in [9.17, 15) is 9.59 Å². The Kier molecular flexibility index (Phi) is 5.69. The van der Waals surface area contributed by atoms with Gasteiger partial charge >= 0.3 is 0 Å². The van der Waals surface area contributed by atoms with Gasteiger partial charge in [0.2, 0.25) is 5.91 Å². The zero-order valence-corrected chi connectivity index (χ0v) is 17.6. The first kappa shape index (κ1) is 19.7. The molecule has 0 aliphatic heterocycles. The summed E-state index contributed by atoms with van der Waals surface area (Å²) in [5, 5.41) is 12.0. The molecule has 1 fully saturated rings. The molecule has 2 aromatic heterocycles. The molecule has 0 saturated heterocycles. The lowest BCUT2D eigenvalue weighted by molar-refractivity contribution is -0.127. The number of carbonyl (C=O) groups is 1. The lowest BCUT2D eigenvalue weighted by Crippen LogP contribution is -2.29. The normalized spacial score (nSPS) is 13.4. The van der Waals surface area contributed by atoms with Gasteiger partial charge in [0.05, 0.1) is 29.3 Å².